The number of carbonyl (C=O) groups is 1. The van der Waals surface area contributed by atoms with Gasteiger partial charge in [-0.05, 0) is 49.4 Å². The topological polar surface area (TPSA) is 17.1 Å². The smallest absolute Gasteiger partial charge is 0.140 e. The van der Waals surface area contributed by atoms with E-state index in [1.54, 1.807) is 18.7 Å². The van der Waals surface area contributed by atoms with Crippen molar-refractivity contribution in [2.24, 2.45) is 0 Å². The largest absolute Gasteiger partial charge is 0.299 e. The van der Waals surface area contributed by atoms with Gasteiger partial charge < -0.3 is 0 Å². The summed E-state index contributed by atoms with van der Waals surface area (Å²) in [7, 11) is 0. The fourth-order valence-electron chi connectivity index (χ4n) is 1.82. The van der Waals surface area contributed by atoms with E-state index < -0.39 is 0 Å². The van der Waals surface area contributed by atoms with Crippen molar-refractivity contribution in [2.45, 2.75) is 31.1 Å². The van der Waals surface area contributed by atoms with Crippen LogP contribution in [0.15, 0.2) is 23.1 Å². The molecule has 0 atom stereocenters. The van der Waals surface area contributed by atoms with Gasteiger partial charge in [0.1, 0.15) is 5.78 Å². The first kappa shape index (κ1) is 9.78. The monoisotopic (exact) mass is 206 g/mol. The Hall–Kier alpha value is -0.760. The van der Waals surface area contributed by atoms with E-state index in [1.165, 1.54) is 35.3 Å². The SMILES string of the molecule is CC(=O)CSc1ccc2c(c1)CCC2. The highest BCUT2D eigenvalue weighted by molar-refractivity contribution is 8.00. The molecule has 0 saturated heterocycles. The van der Waals surface area contributed by atoms with Crippen LogP contribution in [0.25, 0.3) is 0 Å². The molecule has 0 amide bonds. The lowest BCUT2D eigenvalue weighted by Gasteiger charge is -2.03. The van der Waals surface area contributed by atoms with Gasteiger partial charge in [-0.2, -0.15) is 0 Å². The first-order valence-corrected chi connectivity index (χ1v) is 5.98. The molecule has 2 heteroatoms. The van der Waals surface area contributed by atoms with E-state index in [0.717, 1.165) is 0 Å². The van der Waals surface area contributed by atoms with Crippen molar-refractivity contribution in [2.75, 3.05) is 5.75 Å². The minimum Gasteiger partial charge on any atom is -0.299 e. The van der Waals surface area contributed by atoms with Gasteiger partial charge in [0.25, 0.3) is 0 Å². The molecule has 0 N–H and O–H groups in total. The van der Waals surface area contributed by atoms with E-state index in [1.807, 2.05) is 0 Å². The van der Waals surface area contributed by atoms with Crippen LogP contribution in [0.1, 0.15) is 24.5 Å². The quantitative estimate of drug-likeness (QED) is 0.707. The summed E-state index contributed by atoms with van der Waals surface area (Å²) in [5, 5.41) is 0. The molecule has 0 heterocycles. The second kappa shape index (κ2) is 4.18. The Morgan fingerprint density at radius 2 is 2.14 bits per heavy atom. The van der Waals surface area contributed by atoms with Crippen LogP contribution >= 0.6 is 11.8 Å². The molecule has 0 unspecified atom stereocenters. The van der Waals surface area contributed by atoms with Crippen molar-refractivity contribution in [3.05, 3.63) is 29.3 Å². The third kappa shape index (κ3) is 2.18. The van der Waals surface area contributed by atoms with Gasteiger partial charge in [-0.25, -0.2) is 0 Å². The Balaban J connectivity index is 2.09. The predicted octanol–water partition coefficient (Wildman–Crippen LogP) is 2.86. The number of carbonyl (C=O) groups excluding carboxylic acids is 1. The number of aryl methyl sites for hydroxylation is 2. The van der Waals surface area contributed by atoms with Gasteiger partial charge in [-0.1, -0.05) is 6.07 Å². The van der Waals surface area contributed by atoms with Crippen molar-refractivity contribution in [3.63, 3.8) is 0 Å². The third-order valence-corrected chi connectivity index (χ3v) is 3.65. The number of ketones is 1. The van der Waals surface area contributed by atoms with Crippen LogP contribution in [0.3, 0.4) is 0 Å². The summed E-state index contributed by atoms with van der Waals surface area (Å²) in [6.07, 6.45) is 3.73. The maximum Gasteiger partial charge on any atom is 0.140 e. The maximum atomic E-state index is 10.8. The van der Waals surface area contributed by atoms with Gasteiger partial charge >= 0.3 is 0 Å². The molecule has 0 saturated carbocycles. The van der Waals surface area contributed by atoms with Gasteiger partial charge in [-0.15, -0.1) is 11.8 Å². The lowest BCUT2D eigenvalue weighted by molar-refractivity contribution is -0.114. The van der Waals surface area contributed by atoms with E-state index in [2.05, 4.69) is 18.2 Å². The minimum atomic E-state index is 0.246. The lowest BCUT2D eigenvalue weighted by Crippen LogP contribution is -1.93. The zero-order valence-electron chi connectivity index (χ0n) is 8.38. The highest BCUT2D eigenvalue weighted by atomic mass is 32.2. The van der Waals surface area contributed by atoms with Crippen LogP contribution in [-0.2, 0) is 17.6 Å². The molecule has 74 valence electrons. The number of benzene rings is 1. The fourth-order valence-corrected chi connectivity index (χ4v) is 2.58. The summed E-state index contributed by atoms with van der Waals surface area (Å²) in [5.74, 6) is 0.842. The number of hydrogen-bond acceptors (Lipinski definition) is 2. The van der Waals surface area contributed by atoms with Crippen LogP contribution in [0.5, 0.6) is 0 Å². The van der Waals surface area contributed by atoms with Crippen molar-refractivity contribution >= 4 is 17.5 Å². The maximum absolute atomic E-state index is 10.8. The molecule has 1 aromatic carbocycles. The minimum absolute atomic E-state index is 0.246. The van der Waals surface area contributed by atoms with Crippen LogP contribution in [0, 0.1) is 0 Å². The van der Waals surface area contributed by atoms with Crippen molar-refractivity contribution in [3.8, 4) is 0 Å². The standard InChI is InChI=1S/C12H14OS/c1-9(13)8-14-12-6-5-10-3-2-4-11(10)7-12/h5-7H,2-4,8H2,1H3. The first-order valence-electron chi connectivity index (χ1n) is 5.00. The predicted molar refractivity (Wildman–Crippen MR) is 59.9 cm³/mol. The summed E-state index contributed by atoms with van der Waals surface area (Å²) in [6, 6.07) is 6.60. The van der Waals surface area contributed by atoms with E-state index in [-0.39, 0.29) is 5.78 Å². The number of rotatable bonds is 3. The molecule has 1 aliphatic carbocycles. The molecule has 0 radical (unpaired) electrons. The number of fused-ring (bicyclic) bond motifs is 1. The van der Waals surface area contributed by atoms with Crippen molar-refractivity contribution < 1.29 is 4.79 Å². The zero-order chi connectivity index (χ0) is 9.97. The van der Waals surface area contributed by atoms with E-state index in [4.69, 9.17) is 0 Å². The fraction of sp³-hybridized carbons (Fsp3) is 0.417. The Morgan fingerprint density at radius 3 is 2.93 bits per heavy atom. The summed E-state index contributed by atoms with van der Waals surface area (Å²) in [5.41, 5.74) is 2.98. The molecule has 0 spiro atoms. The van der Waals surface area contributed by atoms with Gasteiger partial charge in [-0.3, -0.25) is 4.79 Å². The lowest BCUT2D eigenvalue weighted by atomic mass is 10.1. The zero-order valence-corrected chi connectivity index (χ0v) is 9.19. The number of Topliss-reactive ketones (excluding diaryl/α,β-unsaturated/α-hetero) is 1. The molecule has 1 nitrogen and oxygen atoms in total. The average Bonchev–Trinajstić information content (AvgIpc) is 2.61. The molecule has 2 rings (SSSR count). The van der Waals surface area contributed by atoms with Crippen LogP contribution in [-0.4, -0.2) is 11.5 Å². The Labute approximate surface area is 88.9 Å². The third-order valence-electron chi connectivity index (χ3n) is 2.51. The van der Waals surface area contributed by atoms with Gasteiger partial charge in [0.15, 0.2) is 0 Å². The summed E-state index contributed by atoms with van der Waals surface area (Å²) < 4.78 is 0. The second-order valence-electron chi connectivity index (χ2n) is 3.77. The normalized spacial score (nSPS) is 14.1. The Bertz CT molecular complexity index is 357. The molecule has 14 heavy (non-hydrogen) atoms. The Morgan fingerprint density at radius 1 is 1.36 bits per heavy atom. The highest BCUT2D eigenvalue weighted by Crippen LogP contribution is 2.27. The molecule has 1 aliphatic rings. The molecule has 0 aliphatic heterocycles. The van der Waals surface area contributed by atoms with E-state index in [9.17, 15) is 4.79 Å². The number of hydrogen-bond donors (Lipinski definition) is 0. The summed E-state index contributed by atoms with van der Waals surface area (Å²) in [6.45, 7) is 1.64. The Kier molecular flexibility index (Phi) is 2.92. The van der Waals surface area contributed by atoms with Crippen LogP contribution < -0.4 is 0 Å². The van der Waals surface area contributed by atoms with Gasteiger partial charge in [0, 0.05) is 4.90 Å². The average molecular weight is 206 g/mol. The van der Waals surface area contributed by atoms with Crippen LogP contribution in [0.4, 0.5) is 0 Å². The molecular formula is C12H14OS. The highest BCUT2D eigenvalue weighted by Gasteiger charge is 2.10. The number of thioether (sulfide) groups is 1. The molecular weight excluding hydrogens is 192 g/mol. The van der Waals surface area contributed by atoms with Crippen molar-refractivity contribution in [1.82, 2.24) is 0 Å². The second-order valence-corrected chi connectivity index (χ2v) is 4.82. The van der Waals surface area contributed by atoms with Crippen LogP contribution in [0.2, 0.25) is 0 Å². The summed E-state index contributed by atoms with van der Waals surface area (Å²) >= 11 is 1.64. The van der Waals surface area contributed by atoms with Crippen molar-refractivity contribution in [1.29, 1.82) is 0 Å². The molecule has 1 aromatic rings. The summed E-state index contributed by atoms with van der Waals surface area (Å²) in [4.78, 5) is 12.1. The first-order chi connectivity index (χ1) is 6.75. The van der Waals surface area contributed by atoms with Gasteiger partial charge in [0.2, 0.25) is 0 Å². The molecule has 0 bridgehead atoms. The van der Waals surface area contributed by atoms with Gasteiger partial charge in [0.05, 0.1) is 5.75 Å². The van der Waals surface area contributed by atoms with E-state index >= 15 is 0 Å². The van der Waals surface area contributed by atoms with E-state index in [0.29, 0.717) is 5.75 Å². The molecule has 0 fully saturated rings. The molecule has 0 aromatic heterocycles.